The van der Waals surface area contributed by atoms with E-state index in [2.05, 4.69) is 284 Å². The fourth-order valence-corrected chi connectivity index (χ4v) is 9.99. The molecule has 2 aliphatic rings. The number of para-hydroxylation sites is 4. The van der Waals surface area contributed by atoms with Crippen LogP contribution in [0.25, 0.3) is 44.5 Å². The monoisotopic (exact) mass is 1100 g/mol. The Morgan fingerprint density at radius 2 is 1.06 bits per heavy atom. The summed E-state index contributed by atoms with van der Waals surface area (Å²) in [5.74, 6) is 0.819. The van der Waals surface area contributed by atoms with Crippen molar-refractivity contribution in [1.29, 1.82) is 0 Å². The van der Waals surface area contributed by atoms with Crippen LogP contribution >= 0.6 is 0 Å². The van der Waals surface area contributed by atoms with E-state index in [-0.39, 0.29) is 26.5 Å². The van der Waals surface area contributed by atoms with Crippen molar-refractivity contribution in [2.24, 2.45) is 0 Å². The van der Waals surface area contributed by atoms with Gasteiger partial charge in [0.2, 0.25) is 0 Å². The predicted molar refractivity (Wildman–Crippen MR) is 291 cm³/mol. The van der Waals surface area contributed by atoms with Crippen LogP contribution in [-0.2, 0) is 26.5 Å². The standard InChI is InChI=1S/C65H50N5.Pt/c1-45-38-64(66-43-59(45)47-22-10-6-11-23-47)70-60-29-17-16-28-57(60)55-26-14-15-27-56(55)58-37-36-52(42-63(58)70)69(51-24-12-7-13-25-51)54-40-48(46-20-8-5-9-21-46)39-53(41-54)68-44-67(61-30-18-19-31-62(61)68)50-34-32-49(33-35-50)65(2,3)4;/h5-40,43-44H,1-4H3;/q-3;. The summed E-state index contributed by atoms with van der Waals surface area (Å²) in [6, 6.07) is 85.9. The van der Waals surface area contributed by atoms with Crippen LogP contribution in [0.4, 0.5) is 57.0 Å². The molecule has 0 saturated carbocycles. The average molecular weight is 1100 g/mol. The van der Waals surface area contributed by atoms with Gasteiger partial charge in [-0.2, -0.15) is 6.07 Å². The van der Waals surface area contributed by atoms with Crippen molar-refractivity contribution in [3.8, 4) is 44.5 Å². The van der Waals surface area contributed by atoms with E-state index < -0.39 is 0 Å². The smallest absolute Gasteiger partial charge is 0.135 e. The summed E-state index contributed by atoms with van der Waals surface area (Å²) >= 11 is 0. The number of pyridine rings is 1. The second kappa shape index (κ2) is 18.7. The van der Waals surface area contributed by atoms with Gasteiger partial charge in [-0.25, -0.2) is 4.98 Å². The predicted octanol–water partition coefficient (Wildman–Crippen LogP) is 17.6. The number of nitrogens with zero attached hydrogens (tertiary/aromatic N) is 5. The summed E-state index contributed by atoms with van der Waals surface area (Å²) in [6.45, 7) is 11.1. The molecule has 0 aliphatic carbocycles. The molecule has 5 nitrogen and oxygen atoms in total. The van der Waals surface area contributed by atoms with E-state index in [9.17, 15) is 0 Å². The minimum Gasteiger partial charge on any atom is -0.493 e. The van der Waals surface area contributed by atoms with Crippen molar-refractivity contribution in [2.75, 3.05) is 19.6 Å². The third-order valence-corrected chi connectivity index (χ3v) is 13.5. The van der Waals surface area contributed by atoms with Crippen LogP contribution in [0.2, 0.25) is 0 Å². The van der Waals surface area contributed by atoms with Gasteiger partial charge in [0, 0.05) is 61.1 Å². The molecule has 1 aromatic heterocycles. The van der Waals surface area contributed by atoms with Crippen molar-refractivity contribution in [3.05, 3.63) is 255 Å². The fraction of sp³-hybridized carbons (Fsp3) is 0.0769. The Labute approximate surface area is 432 Å². The van der Waals surface area contributed by atoms with Crippen molar-refractivity contribution >= 4 is 57.0 Å². The molecule has 0 atom stereocenters. The Hall–Kier alpha value is -7.98. The molecule has 0 radical (unpaired) electrons. The first-order valence-electron chi connectivity index (χ1n) is 24.0. The van der Waals surface area contributed by atoms with Crippen molar-refractivity contribution in [1.82, 2.24) is 4.98 Å². The Morgan fingerprint density at radius 3 is 1.72 bits per heavy atom. The molecule has 0 saturated heterocycles. The van der Waals surface area contributed by atoms with Gasteiger partial charge in [0.1, 0.15) is 5.82 Å². The molecule has 0 fully saturated rings. The third-order valence-electron chi connectivity index (χ3n) is 13.5. The summed E-state index contributed by atoms with van der Waals surface area (Å²) in [5.41, 5.74) is 20.3. The number of benzene rings is 9. The number of hydrogen-bond acceptors (Lipinski definition) is 5. The zero-order valence-corrected chi connectivity index (χ0v) is 42.3. The summed E-state index contributed by atoms with van der Waals surface area (Å²) < 4.78 is 0. The maximum Gasteiger partial charge on any atom is 0.135 e. The van der Waals surface area contributed by atoms with Crippen LogP contribution in [-0.4, -0.2) is 4.98 Å². The summed E-state index contributed by atoms with van der Waals surface area (Å²) in [4.78, 5) is 14.4. The van der Waals surface area contributed by atoms with Gasteiger partial charge in [-0.3, -0.25) is 0 Å². The normalized spacial score (nSPS) is 12.5. The zero-order chi connectivity index (χ0) is 47.3. The van der Waals surface area contributed by atoms with Crippen LogP contribution in [0.1, 0.15) is 31.9 Å². The first kappa shape index (κ1) is 45.5. The molecule has 6 heteroatoms. The summed E-state index contributed by atoms with van der Waals surface area (Å²) in [7, 11) is 0. The van der Waals surface area contributed by atoms with E-state index >= 15 is 0 Å². The van der Waals surface area contributed by atoms with Gasteiger partial charge in [-0.05, 0) is 88.7 Å². The average Bonchev–Trinajstić information content (AvgIpc) is 3.74. The molecule has 0 amide bonds. The van der Waals surface area contributed by atoms with Gasteiger partial charge in [0.25, 0.3) is 0 Å². The molecule has 2 aliphatic heterocycles. The minimum absolute atomic E-state index is 0. The van der Waals surface area contributed by atoms with E-state index in [1.165, 1.54) is 5.56 Å². The van der Waals surface area contributed by atoms with E-state index in [0.717, 1.165) is 107 Å². The van der Waals surface area contributed by atoms with Gasteiger partial charge in [0.05, 0.1) is 5.69 Å². The minimum atomic E-state index is 0. The maximum atomic E-state index is 5.27. The Bertz CT molecular complexity index is 3530. The number of rotatable bonds is 8. The molecule has 71 heavy (non-hydrogen) atoms. The van der Waals surface area contributed by atoms with Gasteiger partial charge in [-0.1, -0.05) is 189 Å². The number of aryl methyl sites for hydroxylation is 1. The summed E-state index contributed by atoms with van der Waals surface area (Å²) in [5, 5.41) is 0. The molecule has 0 spiro atoms. The molecule has 10 aromatic rings. The molecular weight excluding hydrogens is 1050 g/mol. The SMILES string of the molecule is Cc1cc(N2c3[c-]c(N(c4[c-]c(N5[CH-]N(c6ccc(C(C)(C)C)cc6)c6ccccc65)cc(-c5ccccc5)c4)c4ccccc4)ccc3-c3ccccc3-c3ccccc32)ncc1-c1ccccc1.[Pt]. The van der Waals surface area contributed by atoms with Gasteiger partial charge >= 0.3 is 0 Å². The third kappa shape index (κ3) is 8.41. The van der Waals surface area contributed by atoms with Crippen LogP contribution in [0, 0.1) is 25.7 Å². The first-order valence-corrected chi connectivity index (χ1v) is 24.0. The molecule has 0 unspecified atom stereocenters. The molecule has 0 bridgehead atoms. The number of fused-ring (bicyclic) bond motifs is 6. The van der Waals surface area contributed by atoms with E-state index in [4.69, 9.17) is 4.98 Å². The van der Waals surface area contributed by atoms with Crippen molar-refractivity contribution < 1.29 is 21.1 Å². The molecule has 348 valence electrons. The van der Waals surface area contributed by atoms with Crippen LogP contribution < -0.4 is 19.6 Å². The number of aromatic nitrogens is 1. The fourth-order valence-electron chi connectivity index (χ4n) is 9.99. The Morgan fingerprint density at radius 1 is 0.479 bits per heavy atom. The van der Waals surface area contributed by atoms with E-state index in [1.54, 1.807) is 0 Å². The van der Waals surface area contributed by atoms with E-state index in [0.29, 0.717) is 0 Å². The zero-order valence-electron chi connectivity index (χ0n) is 40.0. The van der Waals surface area contributed by atoms with E-state index in [1.807, 2.05) is 6.20 Å². The second-order valence-electron chi connectivity index (χ2n) is 19.0. The summed E-state index contributed by atoms with van der Waals surface area (Å²) in [6.07, 6.45) is 2.02. The topological polar surface area (TPSA) is 25.9 Å². The van der Waals surface area contributed by atoms with Crippen molar-refractivity contribution in [3.63, 3.8) is 0 Å². The molecule has 9 aromatic carbocycles. The largest absolute Gasteiger partial charge is 0.493 e. The molecule has 3 heterocycles. The van der Waals surface area contributed by atoms with Gasteiger partial charge in [-0.15, -0.1) is 53.8 Å². The number of anilines is 10. The van der Waals surface area contributed by atoms with Crippen LogP contribution in [0.5, 0.6) is 0 Å². The Balaban J connectivity index is 0.00000547. The Kier molecular flexibility index (Phi) is 12.0. The van der Waals surface area contributed by atoms with Crippen LogP contribution in [0.3, 0.4) is 0 Å². The first-order chi connectivity index (χ1) is 34.3. The second-order valence-corrected chi connectivity index (χ2v) is 19.0. The van der Waals surface area contributed by atoms with Gasteiger partial charge in [0.15, 0.2) is 0 Å². The van der Waals surface area contributed by atoms with Crippen molar-refractivity contribution in [2.45, 2.75) is 33.1 Å². The maximum absolute atomic E-state index is 5.27. The molecular formula is C65H50N5Pt-3. The van der Waals surface area contributed by atoms with Crippen LogP contribution in [0.15, 0.2) is 225 Å². The quantitative estimate of drug-likeness (QED) is 0.141. The van der Waals surface area contributed by atoms with Gasteiger partial charge < -0.3 is 19.6 Å². The molecule has 12 rings (SSSR count). The molecule has 0 N–H and O–H groups in total. The number of hydrogen-bond donors (Lipinski definition) is 0.